The maximum Gasteiger partial charge on any atom is 0.244 e. The van der Waals surface area contributed by atoms with Crippen molar-refractivity contribution in [3.8, 4) is 0 Å². The molecule has 1 amide bonds. The number of hydrazone groups is 1. The standard InChI is InChI=1S/C17H17ClN2O/c1-2-16(14-9-6-10-15(18)12-14)19-20-17(21)11-13-7-4-3-5-8-13/h3-10,12H,2,11H2,1H3,(H,20,21)/b19-16-. The van der Waals surface area contributed by atoms with Gasteiger partial charge in [0.1, 0.15) is 0 Å². The molecule has 0 saturated heterocycles. The molecule has 2 rings (SSSR count). The molecule has 0 aliphatic rings. The minimum atomic E-state index is -0.130. The highest BCUT2D eigenvalue weighted by atomic mass is 35.5. The third-order valence-corrected chi connectivity index (χ3v) is 3.25. The van der Waals surface area contributed by atoms with E-state index in [1.807, 2.05) is 61.5 Å². The van der Waals surface area contributed by atoms with Crippen molar-refractivity contribution in [1.29, 1.82) is 0 Å². The summed E-state index contributed by atoms with van der Waals surface area (Å²) in [6.07, 6.45) is 1.03. The van der Waals surface area contributed by atoms with Gasteiger partial charge in [0.05, 0.1) is 12.1 Å². The molecule has 3 nitrogen and oxygen atoms in total. The van der Waals surface area contributed by atoms with E-state index in [-0.39, 0.29) is 5.91 Å². The van der Waals surface area contributed by atoms with E-state index < -0.39 is 0 Å². The minimum Gasteiger partial charge on any atom is -0.273 e. The van der Waals surface area contributed by atoms with Gasteiger partial charge in [-0.3, -0.25) is 4.79 Å². The normalized spacial score (nSPS) is 11.2. The zero-order chi connectivity index (χ0) is 15.1. The van der Waals surface area contributed by atoms with E-state index in [2.05, 4.69) is 10.5 Å². The molecule has 108 valence electrons. The van der Waals surface area contributed by atoms with Crippen LogP contribution in [0.15, 0.2) is 59.7 Å². The molecule has 0 unspecified atom stereocenters. The van der Waals surface area contributed by atoms with Gasteiger partial charge in [0, 0.05) is 5.02 Å². The molecule has 1 N–H and O–H groups in total. The number of carbonyl (C=O) groups excluding carboxylic acids is 1. The number of rotatable bonds is 5. The number of amides is 1. The highest BCUT2D eigenvalue weighted by molar-refractivity contribution is 6.31. The second-order valence-corrected chi connectivity index (χ2v) is 5.06. The van der Waals surface area contributed by atoms with E-state index in [1.54, 1.807) is 0 Å². The van der Waals surface area contributed by atoms with E-state index >= 15 is 0 Å². The van der Waals surface area contributed by atoms with Crippen molar-refractivity contribution in [2.45, 2.75) is 19.8 Å². The Balaban J connectivity index is 2.02. The van der Waals surface area contributed by atoms with Crippen LogP contribution in [-0.2, 0) is 11.2 Å². The summed E-state index contributed by atoms with van der Waals surface area (Å²) >= 11 is 5.97. The summed E-state index contributed by atoms with van der Waals surface area (Å²) in [5.74, 6) is -0.130. The van der Waals surface area contributed by atoms with Gasteiger partial charge in [-0.2, -0.15) is 5.10 Å². The van der Waals surface area contributed by atoms with E-state index in [4.69, 9.17) is 11.6 Å². The van der Waals surface area contributed by atoms with Crippen LogP contribution in [-0.4, -0.2) is 11.6 Å². The van der Waals surface area contributed by atoms with Crippen LogP contribution in [0.25, 0.3) is 0 Å². The van der Waals surface area contributed by atoms with Crippen molar-refractivity contribution in [3.05, 3.63) is 70.7 Å². The lowest BCUT2D eigenvalue weighted by Crippen LogP contribution is -2.21. The van der Waals surface area contributed by atoms with E-state index in [0.29, 0.717) is 17.9 Å². The first-order chi connectivity index (χ1) is 10.2. The molecule has 0 aromatic heterocycles. The largest absolute Gasteiger partial charge is 0.273 e. The number of benzene rings is 2. The smallest absolute Gasteiger partial charge is 0.244 e. The van der Waals surface area contributed by atoms with Crippen LogP contribution in [0.5, 0.6) is 0 Å². The number of nitrogens with zero attached hydrogens (tertiary/aromatic N) is 1. The Morgan fingerprint density at radius 2 is 1.90 bits per heavy atom. The molecule has 0 radical (unpaired) electrons. The zero-order valence-corrected chi connectivity index (χ0v) is 12.6. The summed E-state index contributed by atoms with van der Waals surface area (Å²) in [6.45, 7) is 1.99. The van der Waals surface area contributed by atoms with Crippen molar-refractivity contribution in [1.82, 2.24) is 5.43 Å². The van der Waals surface area contributed by atoms with Crippen molar-refractivity contribution in [2.75, 3.05) is 0 Å². The number of hydrogen-bond acceptors (Lipinski definition) is 2. The Kier molecular flexibility index (Phi) is 5.52. The fourth-order valence-electron chi connectivity index (χ4n) is 1.97. The fourth-order valence-corrected chi connectivity index (χ4v) is 2.16. The van der Waals surface area contributed by atoms with Crippen LogP contribution in [0.1, 0.15) is 24.5 Å². The third kappa shape index (κ3) is 4.72. The van der Waals surface area contributed by atoms with Gasteiger partial charge in [0.2, 0.25) is 5.91 Å². The van der Waals surface area contributed by atoms with Gasteiger partial charge in [0.15, 0.2) is 0 Å². The fraction of sp³-hybridized carbons (Fsp3) is 0.176. The third-order valence-electron chi connectivity index (χ3n) is 3.02. The Labute approximate surface area is 129 Å². The number of halogens is 1. The number of carbonyl (C=O) groups is 1. The molecule has 0 bridgehead atoms. The maximum atomic E-state index is 11.9. The van der Waals surface area contributed by atoms with Crippen LogP contribution < -0.4 is 5.43 Å². The summed E-state index contributed by atoms with van der Waals surface area (Å²) in [4.78, 5) is 11.9. The van der Waals surface area contributed by atoms with Crippen molar-refractivity contribution in [3.63, 3.8) is 0 Å². The maximum absolute atomic E-state index is 11.9. The van der Waals surface area contributed by atoms with Crippen LogP contribution in [0.4, 0.5) is 0 Å². The topological polar surface area (TPSA) is 41.5 Å². The predicted molar refractivity (Wildman–Crippen MR) is 86.6 cm³/mol. The van der Waals surface area contributed by atoms with Gasteiger partial charge in [0.25, 0.3) is 0 Å². The molecule has 0 atom stereocenters. The highest BCUT2D eigenvalue weighted by Gasteiger charge is 2.05. The first kappa shape index (κ1) is 15.3. The molecule has 0 aliphatic carbocycles. The van der Waals surface area contributed by atoms with Gasteiger partial charge in [-0.15, -0.1) is 0 Å². The van der Waals surface area contributed by atoms with Gasteiger partial charge < -0.3 is 0 Å². The lowest BCUT2D eigenvalue weighted by molar-refractivity contribution is -0.120. The summed E-state index contributed by atoms with van der Waals surface area (Å²) in [7, 11) is 0. The first-order valence-electron chi connectivity index (χ1n) is 6.84. The monoisotopic (exact) mass is 300 g/mol. The Bertz CT molecular complexity index is 638. The van der Waals surface area contributed by atoms with Gasteiger partial charge in [-0.1, -0.05) is 61.0 Å². The van der Waals surface area contributed by atoms with Crippen molar-refractivity contribution >= 4 is 23.2 Å². The lowest BCUT2D eigenvalue weighted by atomic mass is 10.1. The van der Waals surface area contributed by atoms with Crippen LogP contribution in [0, 0.1) is 0 Å². The molecule has 21 heavy (non-hydrogen) atoms. The SMILES string of the molecule is CC/C(=N/NC(=O)Cc1ccccc1)c1cccc(Cl)c1. The second-order valence-electron chi connectivity index (χ2n) is 4.62. The minimum absolute atomic E-state index is 0.130. The molecule has 0 heterocycles. The van der Waals surface area contributed by atoms with Gasteiger partial charge in [-0.25, -0.2) is 5.43 Å². The average Bonchev–Trinajstić information content (AvgIpc) is 2.49. The number of nitrogens with one attached hydrogen (secondary N) is 1. The predicted octanol–water partition coefficient (Wildman–Crippen LogP) is 3.81. The summed E-state index contributed by atoms with van der Waals surface area (Å²) < 4.78 is 0. The molecule has 2 aromatic rings. The summed E-state index contributed by atoms with van der Waals surface area (Å²) in [6, 6.07) is 17.0. The molecule has 4 heteroatoms. The molecule has 0 saturated carbocycles. The quantitative estimate of drug-likeness (QED) is 0.662. The first-order valence-corrected chi connectivity index (χ1v) is 7.22. The molecular weight excluding hydrogens is 284 g/mol. The van der Waals surface area contributed by atoms with E-state index in [1.165, 1.54) is 0 Å². The zero-order valence-electron chi connectivity index (χ0n) is 11.8. The Morgan fingerprint density at radius 3 is 2.57 bits per heavy atom. The lowest BCUT2D eigenvalue weighted by Gasteiger charge is -2.06. The number of hydrogen-bond donors (Lipinski definition) is 1. The second kappa shape index (κ2) is 7.60. The van der Waals surface area contributed by atoms with Crippen LogP contribution in [0.2, 0.25) is 5.02 Å². The van der Waals surface area contributed by atoms with Crippen LogP contribution >= 0.6 is 11.6 Å². The van der Waals surface area contributed by atoms with Gasteiger partial charge >= 0.3 is 0 Å². The van der Waals surface area contributed by atoms with E-state index in [0.717, 1.165) is 16.8 Å². The summed E-state index contributed by atoms with van der Waals surface area (Å²) in [5, 5.41) is 4.86. The Morgan fingerprint density at radius 1 is 1.14 bits per heavy atom. The molecule has 0 fully saturated rings. The van der Waals surface area contributed by atoms with Crippen molar-refractivity contribution < 1.29 is 4.79 Å². The van der Waals surface area contributed by atoms with Gasteiger partial charge in [-0.05, 0) is 29.7 Å². The molecular formula is C17H17ClN2O. The summed E-state index contributed by atoms with van der Waals surface area (Å²) in [5.41, 5.74) is 5.30. The van der Waals surface area contributed by atoms with Crippen LogP contribution in [0.3, 0.4) is 0 Å². The van der Waals surface area contributed by atoms with Crippen molar-refractivity contribution in [2.24, 2.45) is 5.10 Å². The Hall–Kier alpha value is -2.13. The average molecular weight is 301 g/mol. The molecule has 0 spiro atoms. The molecule has 0 aliphatic heterocycles. The van der Waals surface area contributed by atoms with E-state index in [9.17, 15) is 4.79 Å². The highest BCUT2D eigenvalue weighted by Crippen LogP contribution is 2.12. The molecule has 2 aromatic carbocycles.